The molecule has 0 amide bonds. The van der Waals surface area contributed by atoms with Crippen molar-refractivity contribution in [1.82, 2.24) is 0 Å². The Morgan fingerprint density at radius 2 is 2.50 bits per heavy atom. The first-order valence-corrected chi connectivity index (χ1v) is 3.01. The van der Waals surface area contributed by atoms with Crippen LogP contribution in [0.3, 0.4) is 0 Å². The summed E-state index contributed by atoms with van der Waals surface area (Å²) >= 11 is 0. The molecule has 0 unspecified atom stereocenters. The molecule has 4 heteroatoms. The third-order valence-corrected chi connectivity index (χ3v) is 0.901. The standard InChI is InChI=1S/C6H10N2O2/c1-2-10-6(9)5(8)3-4-7/h5H,2-3,8H2,1H3/t5-/m1/s1. The minimum Gasteiger partial charge on any atom is -0.465 e. The molecule has 2 N–H and O–H groups in total. The normalized spacial score (nSPS) is 11.7. The fourth-order valence-corrected chi connectivity index (χ4v) is 0.431. The first-order valence-electron chi connectivity index (χ1n) is 3.01. The molecule has 0 aliphatic rings. The summed E-state index contributed by atoms with van der Waals surface area (Å²) in [4.78, 5) is 10.6. The number of nitriles is 1. The van der Waals surface area contributed by atoms with Gasteiger partial charge in [0.05, 0.1) is 19.1 Å². The molecular formula is C6H10N2O2. The van der Waals surface area contributed by atoms with Gasteiger partial charge in [0.2, 0.25) is 0 Å². The van der Waals surface area contributed by atoms with E-state index in [1.165, 1.54) is 0 Å². The van der Waals surface area contributed by atoms with Gasteiger partial charge < -0.3 is 10.5 Å². The van der Waals surface area contributed by atoms with Crippen molar-refractivity contribution in [2.45, 2.75) is 19.4 Å². The molecule has 1 atom stereocenters. The molecule has 0 spiro atoms. The fraction of sp³-hybridized carbons (Fsp3) is 0.667. The molecule has 0 aliphatic heterocycles. The van der Waals surface area contributed by atoms with Gasteiger partial charge in [0, 0.05) is 0 Å². The maximum absolute atomic E-state index is 10.6. The summed E-state index contributed by atoms with van der Waals surface area (Å²) in [5, 5.41) is 8.12. The Morgan fingerprint density at radius 3 is 2.90 bits per heavy atom. The van der Waals surface area contributed by atoms with Crippen LogP contribution in [0.5, 0.6) is 0 Å². The highest BCUT2D eigenvalue weighted by atomic mass is 16.5. The van der Waals surface area contributed by atoms with E-state index in [1.807, 2.05) is 0 Å². The van der Waals surface area contributed by atoms with Crippen molar-refractivity contribution in [1.29, 1.82) is 5.26 Å². The van der Waals surface area contributed by atoms with E-state index in [9.17, 15) is 4.79 Å². The Bertz CT molecular complexity index is 150. The second-order valence-corrected chi connectivity index (χ2v) is 1.72. The van der Waals surface area contributed by atoms with Gasteiger partial charge >= 0.3 is 5.97 Å². The highest BCUT2D eigenvalue weighted by Crippen LogP contribution is 1.89. The summed E-state index contributed by atoms with van der Waals surface area (Å²) in [6.07, 6.45) is 0.0127. The molecule has 0 aromatic rings. The van der Waals surface area contributed by atoms with Crippen molar-refractivity contribution >= 4 is 5.97 Å². The Hall–Kier alpha value is -1.08. The van der Waals surface area contributed by atoms with Gasteiger partial charge in [-0.3, -0.25) is 4.79 Å². The van der Waals surface area contributed by atoms with Gasteiger partial charge in [-0.05, 0) is 6.92 Å². The quantitative estimate of drug-likeness (QED) is 0.553. The average molecular weight is 142 g/mol. The molecule has 0 rings (SSSR count). The Morgan fingerprint density at radius 1 is 1.90 bits per heavy atom. The number of nitrogens with two attached hydrogens (primary N) is 1. The van der Waals surface area contributed by atoms with E-state index in [0.717, 1.165) is 0 Å². The zero-order valence-corrected chi connectivity index (χ0v) is 5.83. The molecule has 0 saturated carbocycles. The lowest BCUT2D eigenvalue weighted by Gasteiger charge is -2.04. The summed E-state index contributed by atoms with van der Waals surface area (Å²) < 4.78 is 4.54. The lowest BCUT2D eigenvalue weighted by Crippen LogP contribution is -2.31. The molecular weight excluding hydrogens is 132 g/mol. The SMILES string of the molecule is CCOC(=O)[C@H](N)CC#N. The van der Waals surface area contributed by atoms with Crippen LogP contribution in [0.1, 0.15) is 13.3 Å². The minimum absolute atomic E-state index is 0.0127. The van der Waals surface area contributed by atoms with E-state index in [0.29, 0.717) is 6.61 Å². The maximum Gasteiger partial charge on any atom is 0.323 e. The van der Waals surface area contributed by atoms with Gasteiger partial charge in [-0.15, -0.1) is 0 Å². The van der Waals surface area contributed by atoms with Crippen molar-refractivity contribution in [3.05, 3.63) is 0 Å². The Balaban J connectivity index is 3.62. The summed E-state index contributed by atoms with van der Waals surface area (Å²) in [6, 6.07) is 0.994. The molecule has 10 heavy (non-hydrogen) atoms. The summed E-state index contributed by atoms with van der Waals surface area (Å²) in [7, 11) is 0. The monoisotopic (exact) mass is 142 g/mol. The molecule has 0 fully saturated rings. The number of esters is 1. The Kier molecular flexibility index (Phi) is 4.25. The largest absolute Gasteiger partial charge is 0.465 e. The topological polar surface area (TPSA) is 76.1 Å². The number of carbonyl (C=O) groups excluding carboxylic acids is 1. The van der Waals surface area contributed by atoms with Crippen molar-refractivity contribution in [2.24, 2.45) is 5.73 Å². The number of rotatable bonds is 3. The summed E-state index contributed by atoms with van der Waals surface area (Å²) in [6.45, 7) is 1.99. The number of hydrogen-bond donors (Lipinski definition) is 1. The van der Waals surface area contributed by atoms with Crippen LogP contribution in [0.15, 0.2) is 0 Å². The van der Waals surface area contributed by atoms with Crippen molar-refractivity contribution < 1.29 is 9.53 Å². The number of ether oxygens (including phenoxy) is 1. The molecule has 0 heterocycles. The van der Waals surface area contributed by atoms with E-state index >= 15 is 0 Å². The molecule has 0 aromatic carbocycles. The summed E-state index contributed by atoms with van der Waals surface area (Å²) in [5.41, 5.74) is 5.22. The van der Waals surface area contributed by atoms with E-state index in [-0.39, 0.29) is 6.42 Å². The van der Waals surface area contributed by atoms with Crippen molar-refractivity contribution in [3.63, 3.8) is 0 Å². The first kappa shape index (κ1) is 8.92. The van der Waals surface area contributed by atoms with Crippen LogP contribution < -0.4 is 5.73 Å². The number of nitrogens with zero attached hydrogens (tertiary/aromatic N) is 1. The lowest BCUT2D eigenvalue weighted by molar-refractivity contribution is -0.144. The fourth-order valence-electron chi connectivity index (χ4n) is 0.431. The second kappa shape index (κ2) is 4.77. The van der Waals surface area contributed by atoms with Gasteiger partial charge in [0.25, 0.3) is 0 Å². The number of carbonyl (C=O) groups is 1. The number of hydrogen-bond acceptors (Lipinski definition) is 4. The van der Waals surface area contributed by atoms with E-state index < -0.39 is 12.0 Å². The highest BCUT2D eigenvalue weighted by molar-refractivity contribution is 5.75. The van der Waals surface area contributed by atoms with Gasteiger partial charge in [0.15, 0.2) is 0 Å². The smallest absolute Gasteiger partial charge is 0.323 e. The van der Waals surface area contributed by atoms with Crippen molar-refractivity contribution in [2.75, 3.05) is 6.61 Å². The van der Waals surface area contributed by atoms with Gasteiger partial charge in [-0.1, -0.05) is 0 Å². The predicted octanol–water partition coefficient (Wildman–Crippen LogP) is -0.210. The van der Waals surface area contributed by atoms with E-state index in [2.05, 4.69) is 4.74 Å². The van der Waals surface area contributed by atoms with Crippen molar-refractivity contribution in [3.8, 4) is 6.07 Å². The molecule has 0 saturated heterocycles. The van der Waals surface area contributed by atoms with Crippen LogP contribution in [-0.2, 0) is 9.53 Å². The van der Waals surface area contributed by atoms with E-state index in [4.69, 9.17) is 11.0 Å². The van der Waals surface area contributed by atoms with Crippen LogP contribution in [0.4, 0.5) is 0 Å². The molecule has 4 nitrogen and oxygen atoms in total. The minimum atomic E-state index is -0.787. The molecule has 0 bridgehead atoms. The second-order valence-electron chi connectivity index (χ2n) is 1.72. The average Bonchev–Trinajstić information content (AvgIpc) is 1.89. The van der Waals surface area contributed by atoms with Crippen LogP contribution in [0.2, 0.25) is 0 Å². The van der Waals surface area contributed by atoms with Crippen LogP contribution >= 0.6 is 0 Å². The zero-order valence-electron chi connectivity index (χ0n) is 5.83. The highest BCUT2D eigenvalue weighted by Gasteiger charge is 2.12. The van der Waals surface area contributed by atoms with E-state index in [1.54, 1.807) is 13.0 Å². The van der Waals surface area contributed by atoms with Gasteiger partial charge in [0.1, 0.15) is 6.04 Å². The maximum atomic E-state index is 10.6. The van der Waals surface area contributed by atoms with Gasteiger partial charge in [-0.2, -0.15) is 5.26 Å². The summed E-state index contributed by atoms with van der Waals surface area (Å²) in [5.74, 6) is -0.510. The third kappa shape index (κ3) is 3.05. The van der Waals surface area contributed by atoms with Crippen LogP contribution in [0.25, 0.3) is 0 Å². The predicted molar refractivity (Wildman–Crippen MR) is 34.8 cm³/mol. The lowest BCUT2D eigenvalue weighted by atomic mass is 10.2. The molecule has 0 aliphatic carbocycles. The van der Waals surface area contributed by atoms with Crippen LogP contribution in [0, 0.1) is 11.3 Å². The molecule has 0 radical (unpaired) electrons. The molecule has 0 aromatic heterocycles. The third-order valence-electron chi connectivity index (χ3n) is 0.901. The van der Waals surface area contributed by atoms with Gasteiger partial charge in [-0.25, -0.2) is 0 Å². The van der Waals surface area contributed by atoms with Crippen LogP contribution in [-0.4, -0.2) is 18.6 Å². The zero-order chi connectivity index (χ0) is 7.98. The Labute approximate surface area is 59.6 Å². The molecule has 56 valence electrons. The first-order chi connectivity index (χ1) is 4.72.